The standard InChI is InChI=1S/C17H21Cl2FN2O3/c1-10-12(18)9-11(14(20)13(10)19)15(23)21-5-7-22(8-6-21)16(24)25-17(2,3)4/h9H,5-8H2,1-4H3. The lowest BCUT2D eigenvalue weighted by Crippen LogP contribution is -2.51. The summed E-state index contributed by atoms with van der Waals surface area (Å²) in [5, 5.41) is 0.0883. The normalized spacial score (nSPS) is 15.3. The van der Waals surface area contributed by atoms with E-state index in [0.717, 1.165) is 0 Å². The van der Waals surface area contributed by atoms with Gasteiger partial charge in [-0.25, -0.2) is 9.18 Å². The van der Waals surface area contributed by atoms with E-state index in [1.54, 1.807) is 27.7 Å². The van der Waals surface area contributed by atoms with Crippen LogP contribution in [0.1, 0.15) is 36.7 Å². The lowest BCUT2D eigenvalue weighted by atomic mass is 10.1. The monoisotopic (exact) mass is 390 g/mol. The lowest BCUT2D eigenvalue weighted by Gasteiger charge is -2.35. The fourth-order valence-electron chi connectivity index (χ4n) is 2.43. The molecule has 1 fully saturated rings. The summed E-state index contributed by atoms with van der Waals surface area (Å²) in [6.07, 6.45) is -0.424. The van der Waals surface area contributed by atoms with Crippen molar-refractivity contribution in [3.05, 3.63) is 33.1 Å². The Balaban J connectivity index is 2.06. The Bertz CT molecular complexity index is 696. The van der Waals surface area contributed by atoms with Crippen LogP contribution >= 0.6 is 23.2 Å². The third kappa shape index (κ3) is 4.55. The van der Waals surface area contributed by atoms with Gasteiger partial charge in [0.1, 0.15) is 5.60 Å². The second-order valence-corrected chi connectivity index (χ2v) is 7.70. The van der Waals surface area contributed by atoms with E-state index in [1.807, 2.05) is 0 Å². The molecule has 0 bridgehead atoms. The van der Waals surface area contributed by atoms with Crippen LogP contribution in [0.3, 0.4) is 0 Å². The highest BCUT2D eigenvalue weighted by Crippen LogP contribution is 2.30. The molecule has 2 rings (SSSR count). The van der Waals surface area contributed by atoms with Gasteiger partial charge in [0.25, 0.3) is 5.91 Å². The lowest BCUT2D eigenvalue weighted by molar-refractivity contribution is 0.0140. The Labute approximate surface area is 156 Å². The first kappa shape index (κ1) is 19.8. The van der Waals surface area contributed by atoms with Gasteiger partial charge in [-0.3, -0.25) is 4.79 Å². The van der Waals surface area contributed by atoms with E-state index < -0.39 is 23.4 Å². The molecule has 1 heterocycles. The van der Waals surface area contributed by atoms with Gasteiger partial charge in [-0.1, -0.05) is 23.2 Å². The van der Waals surface area contributed by atoms with Crippen molar-refractivity contribution >= 4 is 35.2 Å². The van der Waals surface area contributed by atoms with Crippen LogP contribution in [0.4, 0.5) is 9.18 Å². The van der Waals surface area contributed by atoms with Crippen molar-refractivity contribution in [1.82, 2.24) is 9.80 Å². The minimum absolute atomic E-state index is 0.150. The maximum absolute atomic E-state index is 14.3. The van der Waals surface area contributed by atoms with Gasteiger partial charge >= 0.3 is 6.09 Å². The molecule has 2 amide bonds. The van der Waals surface area contributed by atoms with Crippen molar-refractivity contribution in [2.45, 2.75) is 33.3 Å². The molecule has 0 atom stereocenters. The molecule has 0 N–H and O–H groups in total. The smallest absolute Gasteiger partial charge is 0.410 e. The summed E-state index contributed by atoms with van der Waals surface area (Å²) in [6.45, 7) is 8.14. The van der Waals surface area contributed by atoms with E-state index in [0.29, 0.717) is 18.7 Å². The average Bonchev–Trinajstić information content (AvgIpc) is 2.54. The minimum atomic E-state index is -0.775. The number of piperazine rings is 1. The topological polar surface area (TPSA) is 49.9 Å². The molecule has 0 unspecified atom stereocenters. The van der Waals surface area contributed by atoms with E-state index in [4.69, 9.17) is 27.9 Å². The zero-order valence-corrected chi connectivity index (χ0v) is 16.2. The van der Waals surface area contributed by atoms with Crippen LogP contribution in [0.5, 0.6) is 0 Å². The van der Waals surface area contributed by atoms with Gasteiger partial charge in [-0.15, -0.1) is 0 Å². The molecule has 0 aromatic heterocycles. The fourth-order valence-corrected chi connectivity index (χ4v) is 2.89. The van der Waals surface area contributed by atoms with E-state index in [2.05, 4.69) is 0 Å². The number of hydrogen-bond donors (Lipinski definition) is 0. The number of rotatable bonds is 1. The molecule has 5 nitrogen and oxygen atoms in total. The molecule has 1 aromatic rings. The number of carbonyl (C=O) groups is 2. The van der Waals surface area contributed by atoms with Gasteiger partial charge in [0.15, 0.2) is 5.82 Å². The highest BCUT2D eigenvalue weighted by Gasteiger charge is 2.30. The van der Waals surface area contributed by atoms with E-state index in [-0.39, 0.29) is 28.7 Å². The second kappa shape index (κ2) is 7.38. The number of carbonyl (C=O) groups excluding carboxylic acids is 2. The molecule has 0 radical (unpaired) electrons. The maximum Gasteiger partial charge on any atom is 0.410 e. The summed E-state index contributed by atoms with van der Waals surface area (Å²) in [6, 6.07) is 1.29. The van der Waals surface area contributed by atoms with Crippen molar-refractivity contribution < 1.29 is 18.7 Å². The quantitative estimate of drug-likeness (QED) is 0.677. The minimum Gasteiger partial charge on any atom is -0.444 e. The van der Waals surface area contributed by atoms with Crippen LogP contribution in [-0.4, -0.2) is 53.6 Å². The summed E-state index contributed by atoms with van der Waals surface area (Å²) < 4.78 is 19.6. The summed E-state index contributed by atoms with van der Waals surface area (Å²) in [7, 11) is 0. The van der Waals surface area contributed by atoms with Gasteiger partial charge in [-0.2, -0.15) is 0 Å². The number of nitrogens with zero attached hydrogens (tertiary/aromatic N) is 2. The molecular weight excluding hydrogens is 370 g/mol. The molecule has 138 valence electrons. The van der Waals surface area contributed by atoms with Gasteiger partial charge in [0, 0.05) is 31.2 Å². The number of ether oxygens (including phenoxy) is 1. The van der Waals surface area contributed by atoms with E-state index >= 15 is 0 Å². The van der Waals surface area contributed by atoms with Gasteiger partial charge in [0.05, 0.1) is 10.6 Å². The molecular formula is C17H21Cl2FN2O3. The van der Waals surface area contributed by atoms with E-state index in [9.17, 15) is 14.0 Å². The highest BCUT2D eigenvalue weighted by atomic mass is 35.5. The molecule has 8 heteroatoms. The summed E-state index contributed by atoms with van der Waals surface area (Å²) in [5.41, 5.74) is -0.346. The van der Waals surface area contributed by atoms with Crippen LogP contribution < -0.4 is 0 Å². The molecule has 0 saturated carbocycles. The van der Waals surface area contributed by atoms with Gasteiger partial charge in [-0.05, 0) is 39.3 Å². The number of halogens is 3. The predicted molar refractivity (Wildman–Crippen MR) is 94.9 cm³/mol. The van der Waals surface area contributed by atoms with Crippen molar-refractivity contribution in [3.8, 4) is 0 Å². The Morgan fingerprint density at radius 2 is 1.64 bits per heavy atom. The van der Waals surface area contributed by atoms with Gasteiger partial charge in [0.2, 0.25) is 0 Å². The van der Waals surface area contributed by atoms with Crippen LogP contribution in [-0.2, 0) is 4.74 Å². The average molecular weight is 391 g/mol. The second-order valence-electron chi connectivity index (χ2n) is 6.92. The number of amides is 2. The highest BCUT2D eigenvalue weighted by molar-refractivity contribution is 6.36. The molecule has 25 heavy (non-hydrogen) atoms. The van der Waals surface area contributed by atoms with Crippen LogP contribution in [0.2, 0.25) is 10.0 Å². The Morgan fingerprint density at radius 3 is 2.16 bits per heavy atom. The predicted octanol–water partition coefficient (Wildman–Crippen LogP) is 4.13. The van der Waals surface area contributed by atoms with E-state index in [1.165, 1.54) is 15.9 Å². The van der Waals surface area contributed by atoms with Crippen LogP contribution in [0, 0.1) is 12.7 Å². The molecule has 1 aromatic carbocycles. The zero-order chi connectivity index (χ0) is 18.9. The summed E-state index contributed by atoms with van der Waals surface area (Å²) in [5.74, 6) is -1.27. The SMILES string of the molecule is Cc1c(Cl)cc(C(=O)N2CCN(C(=O)OC(C)(C)C)CC2)c(F)c1Cl. The van der Waals surface area contributed by atoms with Crippen LogP contribution in [0.15, 0.2) is 6.07 Å². The third-order valence-corrected chi connectivity index (χ3v) is 4.68. The Kier molecular flexibility index (Phi) is 5.84. The first-order valence-electron chi connectivity index (χ1n) is 7.92. The number of benzene rings is 1. The fraction of sp³-hybridized carbons (Fsp3) is 0.529. The van der Waals surface area contributed by atoms with Gasteiger partial charge < -0.3 is 14.5 Å². The summed E-state index contributed by atoms with van der Waals surface area (Å²) in [4.78, 5) is 27.6. The van der Waals surface area contributed by atoms with Crippen molar-refractivity contribution in [3.63, 3.8) is 0 Å². The molecule has 1 saturated heterocycles. The Morgan fingerprint density at radius 1 is 1.12 bits per heavy atom. The van der Waals surface area contributed by atoms with Crippen molar-refractivity contribution in [2.75, 3.05) is 26.2 Å². The van der Waals surface area contributed by atoms with Crippen molar-refractivity contribution in [2.24, 2.45) is 0 Å². The largest absolute Gasteiger partial charge is 0.444 e. The van der Waals surface area contributed by atoms with Crippen LogP contribution in [0.25, 0.3) is 0 Å². The molecule has 1 aliphatic heterocycles. The number of hydrogen-bond acceptors (Lipinski definition) is 3. The first-order valence-corrected chi connectivity index (χ1v) is 8.68. The molecule has 0 aliphatic carbocycles. The molecule has 1 aliphatic rings. The van der Waals surface area contributed by atoms with Crippen molar-refractivity contribution in [1.29, 1.82) is 0 Å². The Hall–Kier alpha value is -1.53. The first-order chi connectivity index (χ1) is 11.5. The summed E-state index contributed by atoms with van der Waals surface area (Å²) >= 11 is 11.9. The maximum atomic E-state index is 14.3. The third-order valence-electron chi connectivity index (χ3n) is 3.84. The molecule has 0 spiro atoms. The zero-order valence-electron chi connectivity index (χ0n) is 14.7.